The minimum absolute atomic E-state index is 0.0742. The lowest BCUT2D eigenvalue weighted by atomic mass is 9.86. The summed E-state index contributed by atoms with van der Waals surface area (Å²) >= 11 is 0. The molecule has 2 fully saturated rings. The number of nitrogens with zero attached hydrogens (tertiary/aromatic N) is 2. The van der Waals surface area contributed by atoms with Crippen molar-refractivity contribution in [3.8, 4) is 0 Å². The minimum atomic E-state index is -0.502. The van der Waals surface area contributed by atoms with Crippen molar-refractivity contribution in [1.82, 2.24) is 9.88 Å². The zero-order chi connectivity index (χ0) is 19.2. The normalized spacial score (nSPS) is 24.9. The number of carbonyl (C=O) groups is 2. The van der Waals surface area contributed by atoms with Gasteiger partial charge in [0.05, 0.1) is 5.52 Å². The molecular formula is C22H26N2O3. The van der Waals surface area contributed by atoms with Crippen LogP contribution in [-0.4, -0.2) is 39.4 Å². The maximum Gasteiger partial charge on any atom is 0.410 e. The molecule has 0 saturated carbocycles. The molecular weight excluding hydrogens is 340 g/mol. The van der Waals surface area contributed by atoms with Gasteiger partial charge in [-0.3, -0.25) is 4.79 Å². The van der Waals surface area contributed by atoms with Gasteiger partial charge in [0.1, 0.15) is 11.3 Å². The third-order valence-electron chi connectivity index (χ3n) is 5.56. The van der Waals surface area contributed by atoms with Crippen molar-refractivity contribution >= 4 is 22.8 Å². The maximum absolute atomic E-state index is 13.1. The highest BCUT2D eigenvalue weighted by molar-refractivity contribution is 5.98. The number of benzene rings is 1. The number of rotatable bonds is 2. The number of hydrogen-bond acceptors (Lipinski definition) is 4. The Morgan fingerprint density at radius 1 is 1.04 bits per heavy atom. The first kappa shape index (κ1) is 18.0. The third-order valence-corrected chi connectivity index (χ3v) is 5.56. The number of carbonyl (C=O) groups excluding carboxylic acids is 2. The molecule has 2 aliphatic heterocycles. The SMILES string of the molecule is CC(C)(C)OC(=O)N1C2CCC1CC(C(=O)c1ccc3ccccc3n1)C2. The Morgan fingerprint density at radius 3 is 2.37 bits per heavy atom. The van der Waals surface area contributed by atoms with Crippen LogP contribution in [-0.2, 0) is 4.74 Å². The van der Waals surface area contributed by atoms with E-state index in [2.05, 4.69) is 4.98 Å². The summed E-state index contributed by atoms with van der Waals surface area (Å²) < 4.78 is 5.58. The molecule has 0 aliphatic carbocycles. The fourth-order valence-electron chi connectivity index (χ4n) is 4.42. The largest absolute Gasteiger partial charge is 0.444 e. The molecule has 2 saturated heterocycles. The Balaban J connectivity index is 1.50. The van der Waals surface area contributed by atoms with E-state index in [-0.39, 0.29) is 29.9 Å². The lowest BCUT2D eigenvalue weighted by Crippen LogP contribution is -2.49. The van der Waals surface area contributed by atoms with Crippen molar-refractivity contribution in [1.29, 1.82) is 0 Å². The van der Waals surface area contributed by atoms with E-state index in [9.17, 15) is 9.59 Å². The van der Waals surface area contributed by atoms with Gasteiger partial charge in [0.15, 0.2) is 5.78 Å². The first-order chi connectivity index (χ1) is 12.8. The van der Waals surface area contributed by atoms with Crippen LogP contribution in [0.15, 0.2) is 36.4 Å². The maximum atomic E-state index is 13.1. The highest BCUT2D eigenvalue weighted by atomic mass is 16.6. The van der Waals surface area contributed by atoms with Crippen molar-refractivity contribution in [3.63, 3.8) is 0 Å². The number of piperidine rings is 1. The standard InChI is InChI=1S/C22H26N2O3/c1-22(2,3)27-21(26)24-16-9-10-17(24)13-15(12-16)20(25)19-11-8-14-6-4-5-7-18(14)23-19/h4-8,11,15-17H,9-10,12-13H2,1-3H3. The molecule has 3 heterocycles. The van der Waals surface area contributed by atoms with Crippen LogP contribution in [0.25, 0.3) is 10.9 Å². The number of para-hydroxylation sites is 1. The van der Waals surface area contributed by atoms with Gasteiger partial charge in [0.2, 0.25) is 0 Å². The fourth-order valence-corrected chi connectivity index (χ4v) is 4.42. The minimum Gasteiger partial charge on any atom is -0.444 e. The van der Waals surface area contributed by atoms with Crippen molar-refractivity contribution in [2.45, 2.75) is 64.1 Å². The van der Waals surface area contributed by atoms with E-state index in [1.807, 2.05) is 62.1 Å². The number of aromatic nitrogens is 1. The number of hydrogen-bond donors (Lipinski definition) is 0. The number of ether oxygens (including phenoxy) is 1. The van der Waals surface area contributed by atoms with Crippen molar-refractivity contribution in [2.24, 2.45) is 5.92 Å². The highest BCUT2D eigenvalue weighted by Gasteiger charge is 2.46. The van der Waals surface area contributed by atoms with E-state index in [1.54, 1.807) is 0 Å². The number of fused-ring (bicyclic) bond motifs is 3. The summed E-state index contributed by atoms with van der Waals surface area (Å²) in [5.74, 6) is 0.0244. The van der Waals surface area contributed by atoms with E-state index < -0.39 is 5.60 Å². The second-order valence-electron chi connectivity index (χ2n) is 8.69. The molecule has 0 N–H and O–H groups in total. The summed E-state index contributed by atoms with van der Waals surface area (Å²) in [4.78, 5) is 32.1. The van der Waals surface area contributed by atoms with Gasteiger partial charge in [-0.15, -0.1) is 0 Å². The van der Waals surface area contributed by atoms with Crippen LogP contribution in [0.1, 0.15) is 56.9 Å². The molecule has 2 bridgehead atoms. The topological polar surface area (TPSA) is 59.5 Å². The molecule has 5 nitrogen and oxygen atoms in total. The Labute approximate surface area is 159 Å². The second-order valence-corrected chi connectivity index (χ2v) is 8.69. The summed E-state index contributed by atoms with van der Waals surface area (Å²) in [5.41, 5.74) is 0.874. The molecule has 5 heteroatoms. The van der Waals surface area contributed by atoms with Gasteiger partial charge in [-0.2, -0.15) is 0 Å². The van der Waals surface area contributed by atoms with Gasteiger partial charge < -0.3 is 9.64 Å². The second kappa shape index (κ2) is 6.63. The third kappa shape index (κ3) is 3.55. The summed E-state index contributed by atoms with van der Waals surface area (Å²) in [6.45, 7) is 5.65. The molecule has 2 unspecified atom stereocenters. The Hall–Kier alpha value is -2.43. The molecule has 1 amide bonds. The first-order valence-electron chi connectivity index (χ1n) is 9.73. The van der Waals surface area contributed by atoms with Gasteiger partial charge in [-0.25, -0.2) is 9.78 Å². The lowest BCUT2D eigenvalue weighted by Gasteiger charge is -2.38. The molecule has 2 aliphatic rings. The monoisotopic (exact) mass is 366 g/mol. The number of amides is 1. The summed E-state index contributed by atoms with van der Waals surface area (Å²) in [7, 11) is 0. The average molecular weight is 366 g/mol. The average Bonchev–Trinajstić information content (AvgIpc) is 2.89. The van der Waals surface area contributed by atoms with E-state index in [1.165, 1.54) is 0 Å². The van der Waals surface area contributed by atoms with E-state index in [0.717, 1.165) is 23.7 Å². The Morgan fingerprint density at radius 2 is 1.70 bits per heavy atom. The molecule has 2 atom stereocenters. The summed E-state index contributed by atoms with van der Waals surface area (Å²) in [6.07, 6.45) is 3.04. The number of ketones is 1. The molecule has 4 rings (SSSR count). The van der Waals surface area contributed by atoms with E-state index >= 15 is 0 Å². The van der Waals surface area contributed by atoms with E-state index in [4.69, 9.17) is 4.74 Å². The van der Waals surface area contributed by atoms with Crippen molar-refractivity contribution < 1.29 is 14.3 Å². The first-order valence-corrected chi connectivity index (χ1v) is 9.73. The highest BCUT2D eigenvalue weighted by Crippen LogP contribution is 2.40. The summed E-state index contributed by atoms with van der Waals surface area (Å²) in [6, 6.07) is 11.8. The van der Waals surface area contributed by atoms with Crippen LogP contribution < -0.4 is 0 Å². The number of Topliss-reactive ketones (excluding diaryl/α,β-unsaturated/α-hetero) is 1. The van der Waals surface area contributed by atoms with Gasteiger partial charge in [-0.05, 0) is 58.6 Å². The lowest BCUT2D eigenvalue weighted by molar-refractivity contribution is 0.00251. The summed E-state index contributed by atoms with van der Waals surface area (Å²) in [5, 5.41) is 1.04. The van der Waals surface area contributed by atoms with Gasteiger partial charge in [-0.1, -0.05) is 24.3 Å². The van der Waals surface area contributed by atoms with Crippen molar-refractivity contribution in [3.05, 3.63) is 42.1 Å². The van der Waals surface area contributed by atoms with Gasteiger partial charge >= 0.3 is 6.09 Å². The molecule has 2 aromatic rings. The van der Waals surface area contributed by atoms with Crippen LogP contribution in [0.2, 0.25) is 0 Å². The Bertz CT molecular complexity index is 873. The molecule has 1 aromatic heterocycles. The molecule has 0 radical (unpaired) electrons. The molecule has 27 heavy (non-hydrogen) atoms. The fraction of sp³-hybridized carbons (Fsp3) is 0.500. The predicted octanol–water partition coefficient (Wildman–Crippen LogP) is 4.60. The van der Waals surface area contributed by atoms with Gasteiger partial charge in [0, 0.05) is 23.4 Å². The molecule has 0 spiro atoms. The zero-order valence-electron chi connectivity index (χ0n) is 16.1. The van der Waals surface area contributed by atoms with Crippen molar-refractivity contribution in [2.75, 3.05) is 0 Å². The molecule has 142 valence electrons. The van der Waals surface area contributed by atoms with Gasteiger partial charge in [0.25, 0.3) is 0 Å². The van der Waals surface area contributed by atoms with Crippen LogP contribution in [0.5, 0.6) is 0 Å². The molecule has 1 aromatic carbocycles. The van der Waals surface area contributed by atoms with E-state index in [0.29, 0.717) is 18.5 Å². The quantitative estimate of drug-likeness (QED) is 0.729. The Kier molecular flexibility index (Phi) is 4.41. The van der Waals surface area contributed by atoms with Crippen LogP contribution in [0.4, 0.5) is 4.79 Å². The zero-order valence-corrected chi connectivity index (χ0v) is 16.1. The predicted molar refractivity (Wildman–Crippen MR) is 104 cm³/mol. The smallest absolute Gasteiger partial charge is 0.410 e. The van der Waals surface area contributed by atoms with Crippen LogP contribution >= 0.6 is 0 Å². The number of pyridine rings is 1. The van der Waals surface area contributed by atoms with Crippen LogP contribution in [0.3, 0.4) is 0 Å². The van der Waals surface area contributed by atoms with Crippen LogP contribution in [0, 0.1) is 5.92 Å².